The van der Waals surface area contributed by atoms with Gasteiger partial charge in [-0.05, 0) is 20.8 Å². The maximum Gasteiger partial charge on any atom is 0.410 e. The predicted molar refractivity (Wildman–Crippen MR) is 70.5 cm³/mol. The number of carboxylic acids is 1. The minimum Gasteiger partial charge on any atom is -0.475 e. The summed E-state index contributed by atoms with van der Waals surface area (Å²) in [5.41, 5.74) is 0.944. The number of aromatic nitrogens is 2. The number of rotatable bonds is 1. The molecule has 0 saturated carbocycles. The van der Waals surface area contributed by atoms with E-state index in [9.17, 15) is 9.59 Å². The molecule has 0 radical (unpaired) electrons. The van der Waals surface area contributed by atoms with E-state index < -0.39 is 11.6 Å². The Morgan fingerprint density at radius 3 is 2.55 bits per heavy atom. The lowest BCUT2D eigenvalue weighted by molar-refractivity contribution is 0.0219. The second-order valence-corrected chi connectivity index (χ2v) is 5.84. The first-order valence-corrected chi connectivity index (χ1v) is 6.44. The van der Waals surface area contributed by atoms with Gasteiger partial charge in [-0.15, -0.1) is 0 Å². The third-order valence-electron chi connectivity index (χ3n) is 3.10. The maximum atomic E-state index is 12.0. The summed E-state index contributed by atoms with van der Waals surface area (Å²) in [4.78, 5) is 28.8. The third-order valence-corrected chi connectivity index (χ3v) is 3.10. The Bertz CT molecular complexity index is 557. The van der Waals surface area contributed by atoms with Gasteiger partial charge in [-0.3, -0.25) is 0 Å². The molecule has 1 N–H and O–H groups in total. The number of aromatic carboxylic acids is 1. The van der Waals surface area contributed by atoms with Crippen molar-refractivity contribution >= 4 is 12.1 Å². The normalized spacial score (nSPS) is 14.9. The fourth-order valence-corrected chi connectivity index (χ4v) is 2.16. The largest absolute Gasteiger partial charge is 0.475 e. The molecule has 1 aromatic rings. The number of fused-ring (bicyclic) bond motifs is 1. The van der Waals surface area contributed by atoms with E-state index in [-0.39, 0.29) is 11.9 Å². The standard InChI is InChI=1S/C13H19N3O4/c1-13(2,3)20-12(19)16-6-5-8-9(7-16)15(4)10(14-8)11(17)18/h5-7H2,1-4H3,(H,17,18). The number of hydrogen-bond donors (Lipinski definition) is 1. The molecule has 0 saturated heterocycles. The van der Waals surface area contributed by atoms with Crippen molar-refractivity contribution in [3.8, 4) is 0 Å². The maximum absolute atomic E-state index is 12.0. The predicted octanol–water partition coefficient (Wildman–Crippen LogP) is 1.41. The van der Waals surface area contributed by atoms with Crippen molar-refractivity contribution in [1.82, 2.24) is 14.5 Å². The summed E-state index contributed by atoms with van der Waals surface area (Å²) < 4.78 is 6.85. The molecule has 0 bridgehead atoms. The molecular weight excluding hydrogens is 262 g/mol. The van der Waals surface area contributed by atoms with Gasteiger partial charge in [0.15, 0.2) is 0 Å². The van der Waals surface area contributed by atoms with E-state index in [1.807, 2.05) is 20.8 Å². The Morgan fingerprint density at radius 1 is 1.35 bits per heavy atom. The van der Waals surface area contributed by atoms with Crippen LogP contribution in [0.25, 0.3) is 0 Å². The molecule has 1 amide bonds. The first-order valence-electron chi connectivity index (χ1n) is 6.44. The van der Waals surface area contributed by atoms with Crippen molar-refractivity contribution in [2.24, 2.45) is 7.05 Å². The van der Waals surface area contributed by atoms with Crippen LogP contribution >= 0.6 is 0 Å². The fourth-order valence-electron chi connectivity index (χ4n) is 2.16. The minimum absolute atomic E-state index is 0.000962. The van der Waals surface area contributed by atoms with E-state index in [2.05, 4.69) is 4.98 Å². The number of hydrogen-bond acceptors (Lipinski definition) is 4. The highest BCUT2D eigenvalue weighted by atomic mass is 16.6. The van der Waals surface area contributed by atoms with Crippen molar-refractivity contribution in [3.63, 3.8) is 0 Å². The summed E-state index contributed by atoms with van der Waals surface area (Å²) >= 11 is 0. The van der Waals surface area contributed by atoms with Crippen LogP contribution in [0.4, 0.5) is 4.79 Å². The molecule has 0 unspecified atom stereocenters. The number of carbonyl (C=O) groups excluding carboxylic acids is 1. The number of ether oxygens (including phenoxy) is 1. The lowest BCUT2D eigenvalue weighted by atomic mass is 10.1. The van der Waals surface area contributed by atoms with Gasteiger partial charge < -0.3 is 19.3 Å². The first-order chi connectivity index (χ1) is 9.19. The molecule has 110 valence electrons. The van der Waals surface area contributed by atoms with Crippen molar-refractivity contribution in [1.29, 1.82) is 0 Å². The van der Waals surface area contributed by atoms with Gasteiger partial charge in [-0.25, -0.2) is 14.6 Å². The second-order valence-electron chi connectivity index (χ2n) is 5.84. The zero-order chi connectivity index (χ0) is 15.1. The molecule has 20 heavy (non-hydrogen) atoms. The minimum atomic E-state index is -1.06. The smallest absolute Gasteiger partial charge is 0.410 e. The van der Waals surface area contributed by atoms with Gasteiger partial charge in [0.25, 0.3) is 0 Å². The van der Waals surface area contributed by atoms with E-state index in [1.165, 1.54) is 4.57 Å². The van der Waals surface area contributed by atoms with E-state index >= 15 is 0 Å². The van der Waals surface area contributed by atoms with Crippen molar-refractivity contribution < 1.29 is 19.4 Å². The van der Waals surface area contributed by atoms with E-state index in [0.29, 0.717) is 19.5 Å². The van der Waals surface area contributed by atoms with Gasteiger partial charge >= 0.3 is 12.1 Å². The highest BCUT2D eigenvalue weighted by Gasteiger charge is 2.29. The van der Waals surface area contributed by atoms with Gasteiger partial charge in [0, 0.05) is 20.0 Å². The monoisotopic (exact) mass is 281 g/mol. The number of imidazole rings is 1. The van der Waals surface area contributed by atoms with E-state index in [0.717, 1.165) is 11.4 Å². The SMILES string of the molecule is Cn1c(C(=O)O)nc2c1CN(C(=O)OC(C)(C)C)CC2. The molecule has 0 aromatic carbocycles. The average molecular weight is 281 g/mol. The number of carboxylic acid groups (broad SMARTS) is 1. The van der Waals surface area contributed by atoms with Gasteiger partial charge in [0.2, 0.25) is 5.82 Å². The van der Waals surface area contributed by atoms with Gasteiger partial charge in [0.05, 0.1) is 17.9 Å². The number of nitrogens with zero attached hydrogens (tertiary/aromatic N) is 3. The Morgan fingerprint density at radius 2 is 2.00 bits per heavy atom. The lowest BCUT2D eigenvalue weighted by Gasteiger charge is -2.30. The Kier molecular flexibility index (Phi) is 3.45. The van der Waals surface area contributed by atoms with Crippen LogP contribution in [0.2, 0.25) is 0 Å². The fraction of sp³-hybridized carbons (Fsp3) is 0.615. The summed E-state index contributed by atoms with van der Waals surface area (Å²) in [6.45, 7) is 6.24. The quantitative estimate of drug-likeness (QED) is 0.841. The molecule has 0 atom stereocenters. The molecule has 0 aliphatic carbocycles. The Hall–Kier alpha value is -2.05. The third kappa shape index (κ3) is 2.76. The van der Waals surface area contributed by atoms with E-state index in [4.69, 9.17) is 9.84 Å². The Balaban J connectivity index is 2.19. The molecule has 1 aliphatic heterocycles. The number of amides is 1. The summed E-state index contributed by atoms with van der Waals surface area (Å²) in [5, 5.41) is 9.05. The van der Waals surface area contributed by atoms with Crippen molar-refractivity contribution in [3.05, 3.63) is 17.2 Å². The van der Waals surface area contributed by atoms with Crippen molar-refractivity contribution in [2.45, 2.75) is 39.3 Å². The molecule has 1 aliphatic rings. The highest BCUT2D eigenvalue weighted by Crippen LogP contribution is 2.21. The van der Waals surface area contributed by atoms with Gasteiger partial charge in [0.1, 0.15) is 5.60 Å². The molecule has 2 rings (SSSR count). The molecule has 2 heterocycles. The summed E-state index contributed by atoms with van der Waals surface area (Å²) in [7, 11) is 1.65. The van der Waals surface area contributed by atoms with Crippen molar-refractivity contribution in [2.75, 3.05) is 6.54 Å². The van der Waals surface area contributed by atoms with Gasteiger partial charge in [-0.2, -0.15) is 0 Å². The zero-order valence-electron chi connectivity index (χ0n) is 12.1. The van der Waals surface area contributed by atoms with Crippen LogP contribution in [-0.2, 0) is 24.8 Å². The van der Waals surface area contributed by atoms with E-state index in [1.54, 1.807) is 11.9 Å². The zero-order valence-corrected chi connectivity index (χ0v) is 12.1. The molecule has 7 nitrogen and oxygen atoms in total. The lowest BCUT2D eigenvalue weighted by Crippen LogP contribution is -2.40. The topological polar surface area (TPSA) is 84.7 Å². The Labute approximate surface area is 117 Å². The molecule has 0 fully saturated rings. The van der Waals surface area contributed by atoms with Crippen LogP contribution in [-0.4, -0.2) is 43.8 Å². The summed E-state index contributed by atoms with van der Waals surface area (Å²) in [6, 6.07) is 0. The summed E-state index contributed by atoms with van der Waals surface area (Å²) in [6.07, 6.45) is 0.150. The van der Waals surface area contributed by atoms with Gasteiger partial charge in [-0.1, -0.05) is 0 Å². The first kappa shape index (κ1) is 14.4. The molecule has 1 aromatic heterocycles. The van der Waals surface area contributed by atoms with Crippen LogP contribution in [0.15, 0.2) is 0 Å². The van der Waals surface area contributed by atoms with Crippen LogP contribution in [0.3, 0.4) is 0 Å². The van der Waals surface area contributed by atoms with Crippen LogP contribution < -0.4 is 0 Å². The summed E-state index contributed by atoms with van der Waals surface area (Å²) in [5.74, 6) is -1.06. The molecular formula is C13H19N3O4. The molecule has 7 heteroatoms. The highest BCUT2D eigenvalue weighted by molar-refractivity contribution is 5.84. The average Bonchev–Trinajstić information content (AvgIpc) is 2.64. The van der Waals surface area contributed by atoms with Crippen LogP contribution in [0, 0.1) is 0 Å². The molecule has 0 spiro atoms. The number of carbonyl (C=O) groups is 2. The van der Waals surface area contributed by atoms with Crippen LogP contribution in [0.1, 0.15) is 42.8 Å². The second kappa shape index (κ2) is 4.81. The van der Waals surface area contributed by atoms with Crippen LogP contribution in [0.5, 0.6) is 0 Å².